The summed E-state index contributed by atoms with van der Waals surface area (Å²) >= 11 is 1.51. The predicted octanol–water partition coefficient (Wildman–Crippen LogP) is 3.09. The average molecular weight is 415 g/mol. The summed E-state index contributed by atoms with van der Waals surface area (Å²) in [6.45, 7) is 3.41. The molecule has 0 aliphatic heterocycles. The Kier molecular flexibility index (Phi) is 7.81. The molecule has 1 aromatic carbocycles. The Morgan fingerprint density at radius 2 is 1.83 bits per heavy atom. The summed E-state index contributed by atoms with van der Waals surface area (Å²) in [5.74, 6) is -1.75. The third-order valence-corrected chi connectivity index (χ3v) is 4.82. The lowest BCUT2D eigenvalue weighted by molar-refractivity contribution is -0.135. The molecule has 29 heavy (non-hydrogen) atoms. The Labute approximate surface area is 171 Å². The van der Waals surface area contributed by atoms with Crippen LogP contribution in [0, 0.1) is 6.92 Å². The standard InChI is InChI=1S/C18H16N2O3S.C2H5NO2/c1-3-23-18(22)15-16(21)11(2)13(9-19-15)14-10-20-17(24-14)12-7-5-4-6-8-12;3-1-2(4)5/h4-10,21H,3H2,1-2H3;1,3H2,(H,4,5). The first-order valence-electron chi connectivity index (χ1n) is 8.68. The van der Waals surface area contributed by atoms with Crippen LogP contribution in [0.4, 0.5) is 0 Å². The number of carboxylic acids is 1. The van der Waals surface area contributed by atoms with Crippen molar-refractivity contribution in [1.29, 1.82) is 0 Å². The molecule has 152 valence electrons. The van der Waals surface area contributed by atoms with Crippen LogP contribution in [0.15, 0.2) is 42.7 Å². The number of pyridine rings is 1. The minimum absolute atomic E-state index is 0.0640. The van der Waals surface area contributed by atoms with Gasteiger partial charge in [-0.1, -0.05) is 30.3 Å². The van der Waals surface area contributed by atoms with E-state index in [0.717, 1.165) is 21.0 Å². The molecule has 0 radical (unpaired) electrons. The molecule has 4 N–H and O–H groups in total. The van der Waals surface area contributed by atoms with E-state index < -0.39 is 11.9 Å². The summed E-state index contributed by atoms with van der Waals surface area (Å²) in [5.41, 5.74) is 6.87. The van der Waals surface area contributed by atoms with E-state index in [-0.39, 0.29) is 24.6 Å². The Balaban J connectivity index is 0.000000537. The van der Waals surface area contributed by atoms with Crippen LogP contribution in [0.5, 0.6) is 5.75 Å². The van der Waals surface area contributed by atoms with Gasteiger partial charge in [0.2, 0.25) is 0 Å². The number of benzene rings is 1. The summed E-state index contributed by atoms with van der Waals surface area (Å²) in [6.07, 6.45) is 3.32. The first-order valence-corrected chi connectivity index (χ1v) is 9.49. The number of nitrogens with zero attached hydrogens (tertiary/aromatic N) is 2. The van der Waals surface area contributed by atoms with Crippen molar-refractivity contribution in [3.8, 4) is 26.8 Å². The number of hydrogen-bond acceptors (Lipinski definition) is 8. The summed E-state index contributed by atoms with van der Waals surface area (Å²) in [5, 5.41) is 18.8. The Hall–Kier alpha value is -3.30. The van der Waals surface area contributed by atoms with Gasteiger partial charge in [0.1, 0.15) is 5.01 Å². The lowest BCUT2D eigenvalue weighted by Gasteiger charge is -2.09. The van der Waals surface area contributed by atoms with Crippen molar-refractivity contribution in [3.63, 3.8) is 0 Å². The van der Waals surface area contributed by atoms with E-state index in [1.807, 2.05) is 30.3 Å². The molecule has 0 unspecified atom stereocenters. The molecule has 9 heteroatoms. The van der Waals surface area contributed by atoms with Gasteiger partial charge >= 0.3 is 11.9 Å². The van der Waals surface area contributed by atoms with Gasteiger partial charge in [0.05, 0.1) is 18.0 Å². The number of aromatic nitrogens is 2. The molecular weight excluding hydrogens is 394 g/mol. The molecule has 0 amide bonds. The molecule has 0 fully saturated rings. The maximum absolute atomic E-state index is 11.8. The van der Waals surface area contributed by atoms with Crippen LogP contribution < -0.4 is 5.73 Å². The van der Waals surface area contributed by atoms with Gasteiger partial charge in [-0.2, -0.15) is 0 Å². The zero-order chi connectivity index (χ0) is 21.4. The highest BCUT2D eigenvalue weighted by Gasteiger charge is 2.20. The third-order valence-electron chi connectivity index (χ3n) is 3.74. The fraction of sp³-hybridized carbons (Fsp3) is 0.200. The van der Waals surface area contributed by atoms with Crippen molar-refractivity contribution in [3.05, 3.63) is 54.0 Å². The SMILES string of the molecule is CCOC(=O)c1ncc(-c2cnc(-c3ccccc3)s2)c(C)c1O.NCC(=O)O. The number of hydrogen-bond donors (Lipinski definition) is 3. The molecule has 0 bridgehead atoms. The second kappa shape index (κ2) is 10.3. The van der Waals surface area contributed by atoms with Crippen molar-refractivity contribution in [2.75, 3.05) is 13.2 Å². The molecular formula is C20H21N3O5S. The number of thiazole rings is 1. The zero-order valence-electron chi connectivity index (χ0n) is 16.0. The van der Waals surface area contributed by atoms with Gasteiger partial charge in [0.15, 0.2) is 11.4 Å². The number of carboxylic acid groups (broad SMARTS) is 1. The highest BCUT2D eigenvalue weighted by molar-refractivity contribution is 7.18. The number of ether oxygens (including phenoxy) is 1. The lowest BCUT2D eigenvalue weighted by atomic mass is 10.1. The zero-order valence-corrected chi connectivity index (χ0v) is 16.8. The number of esters is 1. The van der Waals surface area contributed by atoms with E-state index in [1.165, 1.54) is 11.3 Å². The van der Waals surface area contributed by atoms with Gasteiger partial charge in [-0.05, 0) is 13.8 Å². The van der Waals surface area contributed by atoms with Gasteiger partial charge in [-0.15, -0.1) is 11.3 Å². The molecule has 3 rings (SSSR count). The fourth-order valence-corrected chi connectivity index (χ4v) is 3.29. The largest absolute Gasteiger partial charge is 0.505 e. The first kappa shape index (κ1) is 22.0. The number of rotatable bonds is 5. The van der Waals surface area contributed by atoms with E-state index in [2.05, 4.69) is 15.7 Å². The van der Waals surface area contributed by atoms with Crippen LogP contribution in [0.3, 0.4) is 0 Å². The van der Waals surface area contributed by atoms with Crippen LogP contribution in [-0.2, 0) is 9.53 Å². The maximum Gasteiger partial charge on any atom is 0.360 e. The highest BCUT2D eigenvalue weighted by atomic mass is 32.1. The molecule has 2 aromatic heterocycles. The number of carbonyl (C=O) groups is 2. The first-order chi connectivity index (χ1) is 13.9. The van der Waals surface area contributed by atoms with Gasteiger partial charge in [0.25, 0.3) is 0 Å². The maximum atomic E-state index is 11.8. The van der Waals surface area contributed by atoms with Crippen LogP contribution >= 0.6 is 11.3 Å². The number of aromatic hydroxyl groups is 1. The van der Waals surface area contributed by atoms with Crippen molar-refractivity contribution < 1.29 is 24.5 Å². The molecule has 0 saturated carbocycles. The Bertz CT molecular complexity index is 989. The summed E-state index contributed by atoms with van der Waals surface area (Å²) in [6, 6.07) is 9.87. The van der Waals surface area contributed by atoms with Crippen molar-refractivity contribution in [1.82, 2.24) is 9.97 Å². The molecule has 3 aromatic rings. The summed E-state index contributed by atoms with van der Waals surface area (Å²) in [7, 11) is 0. The normalized spacial score (nSPS) is 10.0. The van der Waals surface area contributed by atoms with Crippen molar-refractivity contribution >= 4 is 23.3 Å². The number of carbonyl (C=O) groups excluding carboxylic acids is 1. The second-order valence-electron chi connectivity index (χ2n) is 5.71. The topological polar surface area (TPSA) is 136 Å². The van der Waals surface area contributed by atoms with Crippen LogP contribution in [-0.4, -0.2) is 45.3 Å². The number of nitrogens with two attached hydrogens (primary N) is 1. The van der Waals surface area contributed by atoms with Crippen molar-refractivity contribution in [2.24, 2.45) is 5.73 Å². The molecule has 0 atom stereocenters. The quantitative estimate of drug-likeness (QED) is 0.541. The van der Waals surface area contributed by atoms with Gasteiger partial charge in [0, 0.05) is 29.1 Å². The van der Waals surface area contributed by atoms with E-state index >= 15 is 0 Å². The van der Waals surface area contributed by atoms with Crippen LogP contribution in [0.2, 0.25) is 0 Å². The molecule has 8 nitrogen and oxygen atoms in total. The van der Waals surface area contributed by atoms with Gasteiger partial charge < -0.3 is 20.7 Å². The Morgan fingerprint density at radius 3 is 2.41 bits per heavy atom. The average Bonchev–Trinajstić information content (AvgIpc) is 3.21. The van der Waals surface area contributed by atoms with E-state index in [4.69, 9.17) is 9.84 Å². The van der Waals surface area contributed by atoms with E-state index in [1.54, 1.807) is 26.2 Å². The molecule has 0 spiro atoms. The smallest absolute Gasteiger partial charge is 0.360 e. The lowest BCUT2D eigenvalue weighted by Crippen LogP contribution is -2.10. The summed E-state index contributed by atoms with van der Waals surface area (Å²) in [4.78, 5) is 30.4. The molecule has 0 aliphatic carbocycles. The van der Waals surface area contributed by atoms with Gasteiger partial charge in [-0.25, -0.2) is 14.8 Å². The van der Waals surface area contributed by atoms with Crippen molar-refractivity contribution in [2.45, 2.75) is 13.8 Å². The second-order valence-corrected chi connectivity index (χ2v) is 6.74. The summed E-state index contributed by atoms with van der Waals surface area (Å²) < 4.78 is 4.90. The minimum Gasteiger partial charge on any atom is -0.505 e. The minimum atomic E-state index is -0.968. The van der Waals surface area contributed by atoms with Crippen LogP contribution in [0.1, 0.15) is 23.0 Å². The molecule has 0 aliphatic rings. The van der Waals surface area contributed by atoms with E-state index in [0.29, 0.717) is 5.56 Å². The molecule has 0 saturated heterocycles. The number of aliphatic carboxylic acids is 1. The third kappa shape index (κ3) is 5.59. The highest BCUT2D eigenvalue weighted by Crippen LogP contribution is 2.36. The van der Waals surface area contributed by atoms with Crippen LogP contribution in [0.25, 0.3) is 21.0 Å². The van der Waals surface area contributed by atoms with E-state index in [9.17, 15) is 14.7 Å². The Morgan fingerprint density at radius 1 is 1.17 bits per heavy atom. The monoisotopic (exact) mass is 415 g/mol. The molecule has 2 heterocycles. The predicted molar refractivity (Wildman–Crippen MR) is 110 cm³/mol. The fourth-order valence-electron chi connectivity index (χ4n) is 2.30. The van der Waals surface area contributed by atoms with Gasteiger partial charge in [-0.3, -0.25) is 4.79 Å².